The van der Waals surface area contributed by atoms with Crippen molar-refractivity contribution in [3.05, 3.63) is 72.5 Å². The molecule has 4 nitrogen and oxygen atoms in total. The van der Waals surface area contributed by atoms with E-state index in [-0.39, 0.29) is 11.9 Å². The summed E-state index contributed by atoms with van der Waals surface area (Å²) < 4.78 is 5.95. The Morgan fingerprint density at radius 3 is 2.61 bits per heavy atom. The van der Waals surface area contributed by atoms with E-state index in [0.29, 0.717) is 17.8 Å². The van der Waals surface area contributed by atoms with Crippen molar-refractivity contribution in [2.45, 2.75) is 47.2 Å². The molecule has 2 aliphatic heterocycles. The molecular weight excluding hydrogens is 368 g/mol. The predicted molar refractivity (Wildman–Crippen MR) is 111 cm³/mol. The largest absolute Gasteiger partial charge is 0.451 e. The lowest BCUT2D eigenvalue weighted by Crippen LogP contribution is -2.42. The normalized spacial score (nSPS) is 23.1. The molecular formula is C23H22N2O2S. The lowest BCUT2D eigenvalue weighted by atomic mass is 9.95. The summed E-state index contributed by atoms with van der Waals surface area (Å²) >= 11 is 1.69. The number of furan rings is 1. The number of nitrogens with one attached hydrogen (secondary N) is 2. The van der Waals surface area contributed by atoms with Crippen molar-refractivity contribution in [1.29, 1.82) is 0 Å². The maximum absolute atomic E-state index is 12.7. The number of carbonyl (C=O) groups is 1. The molecule has 2 N–H and O–H groups in total. The van der Waals surface area contributed by atoms with Crippen molar-refractivity contribution in [3.8, 4) is 11.3 Å². The third-order valence-corrected chi connectivity index (χ3v) is 6.65. The van der Waals surface area contributed by atoms with Gasteiger partial charge in [0.15, 0.2) is 5.76 Å². The van der Waals surface area contributed by atoms with Gasteiger partial charge in [-0.3, -0.25) is 4.79 Å². The third-order valence-electron chi connectivity index (χ3n) is 5.57. The van der Waals surface area contributed by atoms with Gasteiger partial charge in [0, 0.05) is 33.5 Å². The van der Waals surface area contributed by atoms with Crippen LogP contribution in [0.15, 0.2) is 80.9 Å². The van der Waals surface area contributed by atoms with E-state index in [2.05, 4.69) is 28.8 Å². The number of fused-ring (bicyclic) bond motifs is 2. The predicted octanol–water partition coefficient (Wildman–Crippen LogP) is 4.72. The molecule has 3 unspecified atom stereocenters. The summed E-state index contributed by atoms with van der Waals surface area (Å²) in [5.74, 6) is 0.964. The minimum Gasteiger partial charge on any atom is -0.451 e. The van der Waals surface area contributed by atoms with Gasteiger partial charge in [-0.1, -0.05) is 48.2 Å². The second kappa shape index (κ2) is 7.49. The number of benzene rings is 2. The standard InChI is InChI=1S/C23H22N2O2S/c26-23(25-19-14-15-10-11-18(19)24-15)21-13-12-20(27-21)17-8-4-5-9-22(17)28-16-6-2-1-3-7-16/h1-9,12-13,15,18-19,24H,10-11,14H2,(H,25,26). The van der Waals surface area contributed by atoms with E-state index in [0.717, 1.165) is 29.1 Å². The quantitative estimate of drug-likeness (QED) is 0.662. The van der Waals surface area contributed by atoms with Crippen molar-refractivity contribution in [3.63, 3.8) is 0 Å². The number of rotatable bonds is 5. The monoisotopic (exact) mass is 390 g/mol. The molecule has 0 spiro atoms. The smallest absolute Gasteiger partial charge is 0.287 e. The molecule has 2 aromatic carbocycles. The fourth-order valence-corrected chi connectivity index (χ4v) is 5.17. The molecule has 2 fully saturated rings. The van der Waals surface area contributed by atoms with Crippen molar-refractivity contribution < 1.29 is 9.21 Å². The van der Waals surface area contributed by atoms with E-state index < -0.39 is 0 Å². The zero-order valence-electron chi connectivity index (χ0n) is 15.4. The summed E-state index contributed by atoms with van der Waals surface area (Å²) in [4.78, 5) is 14.9. The molecule has 3 heterocycles. The summed E-state index contributed by atoms with van der Waals surface area (Å²) in [6, 6.07) is 23.2. The molecule has 1 aromatic heterocycles. The first-order valence-electron chi connectivity index (χ1n) is 9.75. The third kappa shape index (κ3) is 3.48. The Bertz CT molecular complexity index is 985. The lowest BCUT2D eigenvalue weighted by molar-refractivity contribution is 0.0903. The molecule has 2 saturated heterocycles. The molecule has 2 aliphatic rings. The Labute approximate surface area is 168 Å². The van der Waals surface area contributed by atoms with Gasteiger partial charge in [0.1, 0.15) is 5.76 Å². The Hall–Kier alpha value is -2.50. The zero-order valence-corrected chi connectivity index (χ0v) is 16.2. The highest BCUT2D eigenvalue weighted by Gasteiger charge is 2.40. The molecule has 0 radical (unpaired) electrons. The Balaban J connectivity index is 1.34. The van der Waals surface area contributed by atoms with Crippen molar-refractivity contribution >= 4 is 17.7 Å². The van der Waals surface area contributed by atoms with Crippen LogP contribution >= 0.6 is 11.8 Å². The number of amides is 1. The van der Waals surface area contributed by atoms with Gasteiger partial charge in [-0.05, 0) is 49.6 Å². The first kappa shape index (κ1) is 17.6. The van der Waals surface area contributed by atoms with E-state index in [1.807, 2.05) is 42.5 Å². The van der Waals surface area contributed by atoms with Crippen LogP contribution in [-0.4, -0.2) is 24.0 Å². The fourth-order valence-electron chi connectivity index (χ4n) is 4.20. The molecule has 28 heavy (non-hydrogen) atoms. The molecule has 2 bridgehead atoms. The Morgan fingerprint density at radius 1 is 1.00 bits per heavy atom. The highest BCUT2D eigenvalue weighted by molar-refractivity contribution is 7.99. The van der Waals surface area contributed by atoms with Crippen LogP contribution in [0, 0.1) is 0 Å². The number of carbonyl (C=O) groups excluding carboxylic acids is 1. The van der Waals surface area contributed by atoms with Crippen LogP contribution in [0.2, 0.25) is 0 Å². The van der Waals surface area contributed by atoms with Gasteiger partial charge < -0.3 is 15.1 Å². The average molecular weight is 391 g/mol. The van der Waals surface area contributed by atoms with Crippen LogP contribution in [0.4, 0.5) is 0 Å². The van der Waals surface area contributed by atoms with Crippen molar-refractivity contribution in [2.24, 2.45) is 0 Å². The molecule has 142 valence electrons. The van der Waals surface area contributed by atoms with Crippen LogP contribution in [-0.2, 0) is 0 Å². The van der Waals surface area contributed by atoms with Gasteiger partial charge in [0.2, 0.25) is 0 Å². The fraction of sp³-hybridized carbons (Fsp3) is 0.261. The summed E-state index contributed by atoms with van der Waals surface area (Å²) in [6.07, 6.45) is 3.38. The lowest BCUT2D eigenvalue weighted by Gasteiger charge is -2.20. The van der Waals surface area contributed by atoms with Crippen LogP contribution in [0.3, 0.4) is 0 Å². The van der Waals surface area contributed by atoms with E-state index in [9.17, 15) is 4.79 Å². The number of hydrogen-bond acceptors (Lipinski definition) is 4. The second-order valence-corrected chi connectivity index (χ2v) is 8.55. The molecule has 5 heteroatoms. The highest BCUT2D eigenvalue weighted by Crippen LogP contribution is 2.36. The zero-order chi connectivity index (χ0) is 18.9. The van der Waals surface area contributed by atoms with Gasteiger partial charge in [-0.25, -0.2) is 0 Å². The summed E-state index contributed by atoms with van der Waals surface area (Å²) in [5.41, 5.74) is 0.997. The Kier molecular flexibility index (Phi) is 4.71. The number of hydrogen-bond donors (Lipinski definition) is 2. The minimum atomic E-state index is -0.126. The van der Waals surface area contributed by atoms with Crippen LogP contribution in [0.5, 0.6) is 0 Å². The summed E-state index contributed by atoms with van der Waals surface area (Å²) in [7, 11) is 0. The van der Waals surface area contributed by atoms with Gasteiger partial charge >= 0.3 is 0 Å². The SMILES string of the molecule is O=C(NC1CC2CCC1N2)c1ccc(-c2ccccc2Sc2ccccc2)o1. The maximum Gasteiger partial charge on any atom is 0.287 e. The molecule has 0 aliphatic carbocycles. The molecule has 5 rings (SSSR count). The van der Waals surface area contributed by atoms with Crippen LogP contribution in [0.25, 0.3) is 11.3 Å². The molecule has 0 saturated carbocycles. The van der Waals surface area contributed by atoms with Crippen molar-refractivity contribution in [2.75, 3.05) is 0 Å². The topological polar surface area (TPSA) is 54.3 Å². The van der Waals surface area contributed by atoms with Gasteiger partial charge in [-0.2, -0.15) is 0 Å². The van der Waals surface area contributed by atoms with Crippen LogP contribution < -0.4 is 10.6 Å². The molecule has 1 amide bonds. The molecule has 3 atom stereocenters. The van der Waals surface area contributed by atoms with E-state index in [1.165, 1.54) is 11.3 Å². The summed E-state index contributed by atoms with van der Waals surface area (Å²) in [5, 5.41) is 6.69. The van der Waals surface area contributed by atoms with E-state index in [4.69, 9.17) is 4.42 Å². The average Bonchev–Trinajstić information content (AvgIpc) is 3.46. The van der Waals surface area contributed by atoms with Crippen LogP contribution in [0.1, 0.15) is 29.8 Å². The Morgan fingerprint density at radius 2 is 1.82 bits per heavy atom. The van der Waals surface area contributed by atoms with Crippen molar-refractivity contribution in [1.82, 2.24) is 10.6 Å². The second-order valence-electron chi connectivity index (χ2n) is 7.44. The van der Waals surface area contributed by atoms with E-state index in [1.54, 1.807) is 17.8 Å². The van der Waals surface area contributed by atoms with Gasteiger partial charge in [0.25, 0.3) is 5.91 Å². The maximum atomic E-state index is 12.7. The first-order valence-corrected chi connectivity index (χ1v) is 10.6. The highest BCUT2D eigenvalue weighted by atomic mass is 32.2. The van der Waals surface area contributed by atoms with Gasteiger partial charge in [0.05, 0.1) is 0 Å². The first-order chi connectivity index (χ1) is 13.8. The van der Waals surface area contributed by atoms with Gasteiger partial charge in [-0.15, -0.1) is 0 Å². The minimum absolute atomic E-state index is 0.126. The van der Waals surface area contributed by atoms with E-state index >= 15 is 0 Å². The molecule has 3 aromatic rings. The summed E-state index contributed by atoms with van der Waals surface area (Å²) in [6.45, 7) is 0.